The molecule has 26 heavy (non-hydrogen) atoms. The summed E-state index contributed by atoms with van der Waals surface area (Å²) in [5.74, 6) is 2.28. The molecule has 0 radical (unpaired) electrons. The van der Waals surface area contributed by atoms with Gasteiger partial charge in [-0.2, -0.15) is 0 Å². The van der Waals surface area contributed by atoms with Gasteiger partial charge in [-0.15, -0.1) is 0 Å². The molecule has 0 aliphatic carbocycles. The maximum absolute atomic E-state index is 12.4. The lowest BCUT2D eigenvalue weighted by molar-refractivity contribution is -0.133. The molecule has 1 aliphatic heterocycles. The molecule has 6 nitrogen and oxygen atoms in total. The van der Waals surface area contributed by atoms with Crippen LogP contribution in [-0.4, -0.2) is 57.8 Å². The average Bonchev–Trinajstić information content (AvgIpc) is 2.72. The van der Waals surface area contributed by atoms with Gasteiger partial charge in [0, 0.05) is 26.2 Å². The van der Waals surface area contributed by atoms with Crippen molar-refractivity contribution in [1.82, 2.24) is 4.90 Å². The first kappa shape index (κ1) is 17.9. The number of methoxy groups -OCH3 is 2. The Morgan fingerprint density at radius 2 is 1.54 bits per heavy atom. The number of ether oxygens (including phenoxy) is 3. The van der Waals surface area contributed by atoms with Gasteiger partial charge in [0.15, 0.2) is 6.61 Å². The lowest BCUT2D eigenvalue weighted by Gasteiger charge is -2.36. The van der Waals surface area contributed by atoms with E-state index < -0.39 is 0 Å². The van der Waals surface area contributed by atoms with Crippen molar-refractivity contribution < 1.29 is 19.0 Å². The number of para-hydroxylation sites is 2. The monoisotopic (exact) mass is 356 g/mol. The number of carbonyl (C=O) groups is 1. The number of benzene rings is 2. The van der Waals surface area contributed by atoms with Gasteiger partial charge in [-0.05, 0) is 36.4 Å². The van der Waals surface area contributed by atoms with Gasteiger partial charge < -0.3 is 24.0 Å². The zero-order valence-corrected chi connectivity index (χ0v) is 15.2. The molecule has 0 N–H and O–H groups in total. The predicted octanol–water partition coefficient (Wildman–Crippen LogP) is 2.43. The summed E-state index contributed by atoms with van der Waals surface area (Å²) in [4.78, 5) is 16.5. The summed E-state index contributed by atoms with van der Waals surface area (Å²) in [6.07, 6.45) is 0. The van der Waals surface area contributed by atoms with Gasteiger partial charge in [0.2, 0.25) is 0 Å². The molecule has 0 spiro atoms. The molecular weight excluding hydrogens is 332 g/mol. The molecule has 6 heteroatoms. The van der Waals surface area contributed by atoms with Crippen LogP contribution < -0.4 is 19.1 Å². The molecule has 1 heterocycles. The van der Waals surface area contributed by atoms with Gasteiger partial charge in [0.05, 0.1) is 19.9 Å². The number of rotatable bonds is 6. The summed E-state index contributed by atoms with van der Waals surface area (Å²) in [5, 5.41) is 0. The number of nitrogens with zero attached hydrogens (tertiary/aromatic N) is 2. The minimum absolute atomic E-state index is 0.000458. The van der Waals surface area contributed by atoms with E-state index in [9.17, 15) is 4.79 Å². The third-order valence-electron chi connectivity index (χ3n) is 4.48. The molecule has 3 rings (SSSR count). The van der Waals surface area contributed by atoms with Crippen molar-refractivity contribution in [1.29, 1.82) is 0 Å². The Morgan fingerprint density at radius 1 is 0.885 bits per heavy atom. The molecule has 2 aromatic rings. The Kier molecular flexibility index (Phi) is 5.84. The fourth-order valence-electron chi connectivity index (χ4n) is 3.00. The second-order valence-electron chi connectivity index (χ2n) is 6.00. The molecule has 0 aromatic heterocycles. The average molecular weight is 356 g/mol. The van der Waals surface area contributed by atoms with Crippen LogP contribution in [-0.2, 0) is 4.79 Å². The standard InChI is InChI=1S/C20H24N2O4/c1-24-16-7-9-17(10-8-16)26-15-20(23)22-13-11-21(12-14-22)18-5-3-4-6-19(18)25-2/h3-10H,11-15H2,1-2H3. The number of anilines is 1. The summed E-state index contributed by atoms with van der Waals surface area (Å²) < 4.78 is 16.1. The van der Waals surface area contributed by atoms with E-state index in [1.54, 1.807) is 26.4 Å². The third kappa shape index (κ3) is 4.20. The van der Waals surface area contributed by atoms with Crippen molar-refractivity contribution in [2.45, 2.75) is 0 Å². The molecular formula is C20H24N2O4. The fourth-order valence-corrected chi connectivity index (χ4v) is 3.00. The van der Waals surface area contributed by atoms with Crippen LogP contribution >= 0.6 is 0 Å². The third-order valence-corrected chi connectivity index (χ3v) is 4.48. The van der Waals surface area contributed by atoms with Gasteiger partial charge in [0.25, 0.3) is 5.91 Å². The maximum Gasteiger partial charge on any atom is 0.260 e. The second kappa shape index (κ2) is 8.47. The highest BCUT2D eigenvalue weighted by Crippen LogP contribution is 2.28. The Balaban J connectivity index is 1.50. The van der Waals surface area contributed by atoms with Crippen LogP contribution in [0.1, 0.15) is 0 Å². The van der Waals surface area contributed by atoms with Crippen molar-refractivity contribution >= 4 is 11.6 Å². The minimum atomic E-state index is 0.000458. The van der Waals surface area contributed by atoms with Gasteiger partial charge in [-0.3, -0.25) is 4.79 Å². The highest BCUT2D eigenvalue weighted by Gasteiger charge is 2.23. The van der Waals surface area contributed by atoms with E-state index >= 15 is 0 Å². The number of hydrogen-bond acceptors (Lipinski definition) is 5. The highest BCUT2D eigenvalue weighted by atomic mass is 16.5. The summed E-state index contributed by atoms with van der Waals surface area (Å²) >= 11 is 0. The molecule has 2 aromatic carbocycles. The van der Waals surface area contributed by atoms with Crippen LogP contribution in [0.3, 0.4) is 0 Å². The molecule has 1 saturated heterocycles. The van der Waals surface area contributed by atoms with E-state index in [2.05, 4.69) is 4.90 Å². The van der Waals surface area contributed by atoms with Gasteiger partial charge in [0.1, 0.15) is 17.2 Å². The first-order chi connectivity index (χ1) is 12.7. The van der Waals surface area contributed by atoms with E-state index in [-0.39, 0.29) is 12.5 Å². The Hall–Kier alpha value is -2.89. The molecule has 1 aliphatic rings. The van der Waals surface area contributed by atoms with Crippen LogP contribution in [0.5, 0.6) is 17.2 Å². The number of hydrogen-bond donors (Lipinski definition) is 0. The molecule has 0 bridgehead atoms. The first-order valence-corrected chi connectivity index (χ1v) is 8.64. The van der Waals surface area contributed by atoms with E-state index in [1.807, 2.05) is 41.3 Å². The maximum atomic E-state index is 12.4. The lowest BCUT2D eigenvalue weighted by atomic mass is 10.2. The molecule has 0 unspecified atom stereocenters. The SMILES string of the molecule is COc1ccc(OCC(=O)N2CCN(c3ccccc3OC)CC2)cc1. The van der Waals surface area contributed by atoms with E-state index in [1.165, 1.54) is 0 Å². The van der Waals surface area contributed by atoms with Crippen molar-refractivity contribution in [3.8, 4) is 17.2 Å². The molecule has 1 fully saturated rings. The molecule has 0 atom stereocenters. The predicted molar refractivity (Wildman–Crippen MR) is 100 cm³/mol. The van der Waals surface area contributed by atoms with Crippen LogP contribution in [0.25, 0.3) is 0 Å². The second-order valence-corrected chi connectivity index (χ2v) is 6.00. The summed E-state index contributed by atoms with van der Waals surface area (Å²) in [7, 11) is 3.29. The van der Waals surface area contributed by atoms with Crippen molar-refractivity contribution in [3.63, 3.8) is 0 Å². The highest BCUT2D eigenvalue weighted by molar-refractivity contribution is 5.78. The zero-order valence-electron chi connectivity index (χ0n) is 15.2. The van der Waals surface area contributed by atoms with Gasteiger partial charge in [-0.25, -0.2) is 0 Å². The minimum Gasteiger partial charge on any atom is -0.497 e. The lowest BCUT2D eigenvalue weighted by Crippen LogP contribution is -2.50. The normalized spacial score (nSPS) is 14.1. The quantitative estimate of drug-likeness (QED) is 0.796. The van der Waals surface area contributed by atoms with Crippen molar-refractivity contribution in [2.24, 2.45) is 0 Å². The Morgan fingerprint density at radius 3 is 2.19 bits per heavy atom. The number of carbonyl (C=O) groups excluding carboxylic acids is 1. The summed E-state index contributed by atoms with van der Waals surface area (Å²) in [6.45, 7) is 2.93. The van der Waals surface area contributed by atoms with E-state index in [4.69, 9.17) is 14.2 Å². The van der Waals surface area contributed by atoms with E-state index in [0.29, 0.717) is 18.8 Å². The van der Waals surface area contributed by atoms with Crippen molar-refractivity contribution in [3.05, 3.63) is 48.5 Å². The van der Waals surface area contributed by atoms with Gasteiger partial charge in [-0.1, -0.05) is 12.1 Å². The van der Waals surface area contributed by atoms with E-state index in [0.717, 1.165) is 30.3 Å². The molecule has 0 saturated carbocycles. The zero-order chi connectivity index (χ0) is 18.4. The van der Waals surface area contributed by atoms with Gasteiger partial charge >= 0.3 is 0 Å². The summed E-state index contributed by atoms with van der Waals surface area (Å²) in [5.41, 5.74) is 1.07. The fraction of sp³-hybridized carbons (Fsp3) is 0.350. The Labute approximate surface area is 153 Å². The molecule has 138 valence electrons. The molecule has 1 amide bonds. The smallest absolute Gasteiger partial charge is 0.260 e. The Bertz CT molecular complexity index is 725. The largest absolute Gasteiger partial charge is 0.497 e. The first-order valence-electron chi connectivity index (χ1n) is 8.64. The van der Waals surface area contributed by atoms with Crippen LogP contribution in [0.2, 0.25) is 0 Å². The topological polar surface area (TPSA) is 51.2 Å². The number of piperazine rings is 1. The van der Waals surface area contributed by atoms with Crippen LogP contribution in [0.4, 0.5) is 5.69 Å². The van der Waals surface area contributed by atoms with Crippen molar-refractivity contribution in [2.75, 3.05) is 51.9 Å². The van der Waals surface area contributed by atoms with Crippen LogP contribution in [0, 0.1) is 0 Å². The summed E-state index contributed by atoms with van der Waals surface area (Å²) in [6, 6.07) is 15.2. The van der Waals surface area contributed by atoms with Crippen LogP contribution in [0.15, 0.2) is 48.5 Å². The number of amides is 1.